The maximum absolute atomic E-state index is 12.2. The highest BCUT2D eigenvalue weighted by molar-refractivity contribution is 7.99. The van der Waals surface area contributed by atoms with Crippen molar-refractivity contribution in [1.82, 2.24) is 4.98 Å². The van der Waals surface area contributed by atoms with E-state index < -0.39 is 0 Å². The van der Waals surface area contributed by atoms with Crippen LogP contribution in [0.4, 0.5) is 11.4 Å². The van der Waals surface area contributed by atoms with E-state index in [4.69, 9.17) is 0 Å². The fraction of sp³-hybridized carbons (Fsp3) is 0.200. The molecule has 0 spiro atoms. The van der Waals surface area contributed by atoms with Crippen LogP contribution in [-0.4, -0.2) is 17.4 Å². The average molecular weight is 365 g/mol. The van der Waals surface area contributed by atoms with Gasteiger partial charge in [0.25, 0.3) is 5.56 Å². The summed E-state index contributed by atoms with van der Waals surface area (Å²) in [5.74, 6) is 0.234. The van der Waals surface area contributed by atoms with Crippen molar-refractivity contribution in [2.24, 2.45) is 0 Å². The third kappa shape index (κ3) is 3.08. The van der Waals surface area contributed by atoms with Gasteiger partial charge < -0.3 is 15.6 Å². The number of nitrogens with one attached hydrogen (secondary N) is 3. The summed E-state index contributed by atoms with van der Waals surface area (Å²) in [5.41, 5.74) is 3.41. The molecule has 2 aromatic carbocycles. The molecule has 5 nitrogen and oxygen atoms in total. The first-order valence-electron chi connectivity index (χ1n) is 8.50. The standard InChI is InChI=1S/C20H19N3O2S/c1-11-10-21-19-18(11)16-9-15(7-8-17(16)23-20(19)25)26-14-5-3-13(4-6-14)22-12(2)24/h3-9,11,21H,10H2,1-2H3,(H,22,24)(H,23,25). The molecule has 1 aliphatic rings. The summed E-state index contributed by atoms with van der Waals surface area (Å²) >= 11 is 1.66. The zero-order chi connectivity index (χ0) is 18.3. The van der Waals surface area contributed by atoms with Gasteiger partial charge in [0.1, 0.15) is 5.69 Å². The van der Waals surface area contributed by atoms with E-state index in [0.29, 0.717) is 11.6 Å². The van der Waals surface area contributed by atoms with Crippen LogP contribution in [0.2, 0.25) is 0 Å². The van der Waals surface area contributed by atoms with Crippen LogP contribution in [0.25, 0.3) is 10.9 Å². The lowest BCUT2D eigenvalue weighted by Gasteiger charge is -2.10. The van der Waals surface area contributed by atoms with Crippen LogP contribution < -0.4 is 16.2 Å². The number of H-pyrrole nitrogens is 1. The van der Waals surface area contributed by atoms with Crippen LogP contribution in [-0.2, 0) is 4.79 Å². The molecule has 3 aromatic rings. The number of anilines is 2. The van der Waals surface area contributed by atoms with Gasteiger partial charge in [0.2, 0.25) is 5.91 Å². The SMILES string of the molecule is CC(=O)Nc1ccc(Sc2ccc3[nH]c(=O)c4c(c3c2)C(C)CN4)cc1. The van der Waals surface area contributed by atoms with Crippen molar-refractivity contribution in [3.8, 4) is 0 Å². The third-order valence-corrected chi connectivity index (χ3v) is 5.51. The fourth-order valence-electron chi connectivity index (χ4n) is 3.35. The predicted octanol–water partition coefficient (Wildman–Crippen LogP) is 4.17. The Hall–Kier alpha value is -2.73. The second-order valence-electron chi connectivity index (χ2n) is 6.54. The van der Waals surface area contributed by atoms with Gasteiger partial charge in [-0.1, -0.05) is 18.7 Å². The largest absolute Gasteiger partial charge is 0.380 e. The number of amides is 1. The number of pyridine rings is 1. The highest BCUT2D eigenvalue weighted by atomic mass is 32.2. The van der Waals surface area contributed by atoms with Gasteiger partial charge in [-0.25, -0.2) is 0 Å². The van der Waals surface area contributed by atoms with E-state index in [1.54, 1.807) is 11.8 Å². The van der Waals surface area contributed by atoms with Crippen LogP contribution in [0, 0.1) is 0 Å². The zero-order valence-electron chi connectivity index (χ0n) is 14.6. The van der Waals surface area contributed by atoms with E-state index in [0.717, 1.165) is 38.5 Å². The molecule has 1 amide bonds. The molecular formula is C20H19N3O2S. The van der Waals surface area contributed by atoms with Crippen molar-refractivity contribution in [1.29, 1.82) is 0 Å². The summed E-state index contributed by atoms with van der Waals surface area (Å²) in [7, 11) is 0. The molecule has 132 valence electrons. The molecule has 26 heavy (non-hydrogen) atoms. The minimum absolute atomic E-state index is 0.0502. The Kier molecular flexibility index (Phi) is 4.20. The highest BCUT2D eigenvalue weighted by Gasteiger charge is 2.24. The van der Waals surface area contributed by atoms with Gasteiger partial charge in [-0.15, -0.1) is 0 Å². The second kappa shape index (κ2) is 6.53. The molecule has 0 radical (unpaired) electrons. The lowest BCUT2D eigenvalue weighted by Crippen LogP contribution is -2.11. The van der Waals surface area contributed by atoms with E-state index in [9.17, 15) is 9.59 Å². The molecule has 2 heterocycles. The number of benzene rings is 2. The maximum atomic E-state index is 12.2. The van der Waals surface area contributed by atoms with Crippen molar-refractivity contribution < 1.29 is 4.79 Å². The smallest absolute Gasteiger partial charge is 0.272 e. The minimum Gasteiger partial charge on any atom is -0.380 e. The zero-order valence-corrected chi connectivity index (χ0v) is 15.4. The first-order valence-corrected chi connectivity index (χ1v) is 9.32. The Morgan fingerprint density at radius 1 is 1.15 bits per heavy atom. The molecule has 1 atom stereocenters. The first-order chi connectivity index (χ1) is 12.5. The van der Waals surface area contributed by atoms with Crippen molar-refractivity contribution in [2.75, 3.05) is 17.2 Å². The number of fused-ring (bicyclic) bond motifs is 3. The average Bonchev–Trinajstić information content (AvgIpc) is 3.00. The van der Waals surface area contributed by atoms with Crippen LogP contribution in [0.5, 0.6) is 0 Å². The summed E-state index contributed by atoms with van der Waals surface area (Å²) in [5, 5.41) is 7.08. The van der Waals surface area contributed by atoms with Gasteiger partial charge in [0, 0.05) is 45.8 Å². The van der Waals surface area contributed by atoms with Gasteiger partial charge in [-0.3, -0.25) is 9.59 Å². The molecule has 0 saturated heterocycles. The molecule has 0 bridgehead atoms. The fourth-order valence-corrected chi connectivity index (χ4v) is 4.21. The van der Waals surface area contributed by atoms with Gasteiger partial charge >= 0.3 is 0 Å². The monoisotopic (exact) mass is 365 g/mol. The molecule has 4 rings (SSSR count). The van der Waals surface area contributed by atoms with E-state index in [2.05, 4.69) is 28.6 Å². The van der Waals surface area contributed by atoms with Crippen LogP contribution >= 0.6 is 11.8 Å². The lowest BCUT2D eigenvalue weighted by atomic mass is 9.99. The molecule has 0 saturated carbocycles. The highest BCUT2D eigenvalue weighted by Crippen LogP contribution is 2.37. The minimum atomic E-state index is -0.0782. The number of rotatable bonds is 3. The second-order valence-corrected chi connectivity index (χ2v) is 7.69. The van der Waals surface area contributed by atoms with Crippen LogP contribution in [0.15, 0.2) is 57.1 Å². The molecular weight excluding hydrogens is 346 g/mol. The molecule has 1 aromatic heterocycles. The molecule has 0 aliphatic carbocycles. The topological polar surface area (TPSA) is 74.0 Å². The Balaban J connectivity index is 1.68. The van der Waals surface area contributed by atoms with Crippen molar-refractivity contribution in [3.05, 3.63) is 58.4 Å². The number of carbonyl (C=O) groups is 1. The van der Waals surface area contributed by atoms with Gasteiger partial charge in [-0.05, 0) is 48.0 Å². The van der Waals surface area contributed by atoms with Gasteiger partial charge in [-0.2, -0.15) is 0 Å². The number of aromatic amines is 1. The van der Waals surface area contributed by atoms with Crippen LogP contribution in [0.1, 0.15) is 25.3 Å². The summed E-state index contributed by atoms with van der Waals surface area (Å²) in [6.07, 6.45) is 0. The Bertz CT molecular complexity index is 1060. The molecule has 0 fully saturated rings. The van der Waals surface area contributed by atoms with Gasteiger partial charge in [0.15, 0.2) is 0 Å². The number of hydrogen-bond donors (Lipinski definition) is 3. The molecule has 1 unspecified atom stereocenters. The summed E-state index contributed by atoms with van der Waals surface area (Å²) < 4.78 is 0. The van der Waals surface area contributed by atoms with E-state index >= 15 is 0 Å². The first kappa shape index (κ1) is 16.7. The Morgan fingerprint density at radius 3 is 2.62 bits per heavy atom. The van der Waals surface area contributed by atoms with Gasteiger partial charge in [0.05, 0.1) is 0 Å². The van der Waals surface area contributed by atoms with Crippen molar-refractivity contribution in [2.45, 2.75) is 29.6 Å². The quantitative estimate of drug-likeness (QED) is 0.651. The summed E-state index contributed by atoms with van der Waals surface area (Å²) in [6.45, 7) is 4.42. The Morgan fingerprint density at radius 2 is 1.88 bits per heavy atom. The van der Waals surface area contributed by atoms with Crippen molar-refractivity contribution >= 4 is 39.9 Å². The molecule has 1 aliphatic heterocycles. The van der Waals surface area contributed by atoms with Crippen molar-refractivity contribution in [3.63, 3.8) is 0 Å². The Labute approximate surface area is 155 Å². The summed E-state index contributed by atoms with van der Waals surface area (Å²) in [6, 6.07) is 13.9. The maximum Gasteiger partial charge on any atom is 0.272 e. The normalized spacial score (nSPS) is 15.5. The van der Waals surface area contributed by atoms with Crippen LogP contribution in [0.3, 0.4) is 0 Å². The van der Waals surface area contributed by atoms with E-state index in [1.807, 2.05) is 36.4 Å². The molecule has 6 heteroatoms. The number of carbonyl (C=O) groups excluding carboxylic acids is 1. The lowest BCUT2D eigenvalue weighted by molar-refractivity contribution is -0.114. The number of aromatic nitrogens is 1. The summed E-state index contributed by atoms with van der Waals surface area (Å²) in [4.78, 5) is 28.5. The predicted molar refractivity (Wildman–Crippen MR) is 106 cm³/mol. The third-order valence-electron chi connectivity index (χ3n) is 4.51. The molecule has 3 N–H and O–H groups in total. The van der Waals surface area contributed by atoms with E-state index in [-0.39, 0.29) is 11.5 Å². The number of hydrogen-bond acceptors (Lipinski definition) is 4. The van der Waals surface area contributed by atoms with E-state index in [1.165, 1.54) is 6.92 Å².